The zero-order valence-corrected chi connectivity index (χ0v) is 11.4. The van der Waals surface area contributed by atoms with Gasteiger partial charge < -0.3 is 10.1 Å². The molecule has 1 N–H and O–H groups in total. The Kier molecular flexibility index (Phi) is 3.21. The minimum atomic E-state index is 0.540. The highest BCUT2D eigenvalue weighted by Crippen LogP contribution is 2.29. The maximum atomic E-state index is 5.92. The van der Waals surface area contributed by atoms with Crippen LogP contribution in [0.25, 0.3) is 10.8 Å². The summed E-state index contributed by atoms with van der Waals surface area (Å²) in [4.78, 5) is 8.56. The SMILES string of the molecule is CNc1cc(Oc2cccc3ccccc23)nc(C)n1. The van der Waals surface area contributed by atoms with Crippen molar-refractivity contribution in [2.24, 2.45) is 0 Å². The number of hydrogen-bond donors (Lipinski definition) is 1. The highest BCUT2D eigenvalue weighted by molar-refractivity contribution is 5.88. The lowest BCUT2D eigenvalue weighted by atomic mass is 10.1. The molecule has 1 aromatic heterocycles. The number of nitrogens with one attached hydrogen (secondary N) is 1. The Morgan fingerprint density at radius 1 is 1.00 bits per heavy atom. The van der Waals surface area contributed by atoms with Crippen molar-refractivity contribution in [3.05, 3.63) is 54.4 Å². The molecule has 3 rings (SSSR count). The smallest absolute Gasteiger partial charge is 0.224 e. The van der Waals surface area contributed by atoms with Gasteiger partial charge in [0.25, 0.3) is 0 Å². The van der Waals surface area contributed by atoms with Crippen LogP contribution in [0.5, 0.6) is 11.6 Å². The molecule has 0 bridgehead atoms. The lowest BCUT2D eigenvalue weighted by molar-refractivity contribution is 0.465. The summed E-state index contributed by atoms with van der Waals surface area (Å²) in [5.41, 5.74) is 0. The number of fused-ring (bicyclic) bond motifs is 1. The van der Waals surface area contributed by atoms with Gasteiger partial charge in [-0.3, -0.25) is 0 Å². The fourth-order valence-electron chi connectivity index (χ4n) is 2.12. The largest absolute Gasteiger partial charge is 0.438 e. The minimum absolute atomic E-state index is 0.540. The predicted octanol–water partition coefficient (Wildman–Crippen LogP) is 3.77. The van der Waals surface area contributed by atoms with Crippen LogP contribution in [0.1, 0.15) is 5.82 Å². The first-order valence-corrected chi connectivity index (χ1v) is 6.45. The minimum Gasteiger partial charge on any atom is -0.438 e. The lowest BCUT2D eigenvalue weighted by Crippen LogP contribution is -1.98. The number of benzene rings is 2. The fourth-order valence-corrected chi connectivity index (χ4v) is 2.12. The molecule has 4 heteroatoms. The maximum absolute atomic E-state index is 5.92. The van der Waals surface area contributed by atoms with Gasteiger partial charge in [0.05, 0.1) is 0 Å². The van der Waals surface area contributed by atoms with Crippen LogP contribution in [-0.4, -0.2) is 17.0 Å². The normalized spacial score (nSPS) is 10.5. The molecule has 0 aliphatic carbocycles. The number of rotatable bonds is 3. The van der Waals surface area contributed by atoms with E-state index in [1.165, 1.54) is 0 Å². The highest BCUT2D eigenvalue weighted by atomic mass is 16.5. The van der Waals surface area contributed by atoms with Gasteiger partial charge in [-0.05, 0) is 18.4 Å². The first-order valence-electron chi connectivity index (χ1n) is 6.45. The maximum Gasteiger partial charge on any atom is 0.224 e. The van der Waals surface area contributed by atoms with Crippen LogP contribution < -0.4 is 10.1 Å². The van der Waals surface area contributed by atoms with Crippen molar-refractivity contribution in [2.75, 3.05) is 12.4 Å². The van der Waals surface area contributed by atoms with Gasteiger partial charge >= 0.3 is 0 Å². The Labute approximate surface area is 117 Å². The van der Waals surface area contributed by atoms with Crippen molar-refractivity contribution in [3.8, 4) is 11.6 Å². The van der Waals surface area contributed by atoms with Crippen molar-refractivity contribution in [2.45, 2.75) is 6.92 Å². The Hall–Kier alpha value is -2.62. The predicted molar refractivity (Wildman–Crippen MR) is 80.3 cm³/mol. The van der Waals surface area contributed by atoms with Gasteiger partial charge in [0, 0.05) is 18.5 Å². The van der Waals surface area contributed by atoms with Crippen LogP contribution in [0.15, 0.2) is 48.5 Å². The summed E-state index contributed by atoms with van der Waals surface area (Å²) in [6.45, 7) is 1.84. The molecule has 0 saturated heterocycles. The van der Waals surface area contributed by atoms with E-state index in [9.17, 15) is 0 Å². The quantitative estimate of drug-likeness (QED) is 0.783. The highest BCUT2D eigenvalue weighted by Gasteiger charge is 2.06. The molecule has 0 atom stereocenters. The van der Waals surface area contributed by atoms with E-state index in [1.54, 1.807) is 6.07 Å². The number of anilines is 1. The fraction of sp³-hybridized carbons (Fsp3) is 0.125. The molecule has 0 unspecified atom stereocenters. The van der Waals surface area contributed by atoms with Gasteiger partial charge in [0.1, 0.15) is 17.4 Å². The summed E-state index contributed by atoms with van der Waals surface area (Å²) in [5, 5.41) is 5.21. The van der Waals surface area contributed by atoms with Crippen LogP contribution in [0, 0.1) is 6.92 Å². The Morgan fingerprint density at radius 3 is 2.65 bits per heavy atom. The van der Waals surface area contributed by atoms with Crippen molar-refractivity contribution in [1.29, 1.82) is 0 Å². The van der Waals surface area contributed by atoms with Gasteiger partial charge in [0.15, 0.2) is 0 Å². The number of hydrogen-bond acceptors (Lipinski definition) is 4. The molecule has 0 aliphatic rings. The van der Waals surface area contributed by atoms with E-state index in [4.69, 9.17) is 4.74 Å². The van der Waals surface area contributed by atoms with Crippen LogP contribution in [0.2, 0.25) is 0 Å². The van der Waals surface area contributed by atoms with Gasteiger partial charge in [-0.2, -0.15) is 4.98 Å². The third-order valence-corrected chi connectivity index (χ3v) is 3.03. The first-order chi connectivity index (χ1) is 9.76. The first kappa shape index (κ1) is 12.4. The third-order valence-electron chi connectivity index (χ3n) is 3.03. The van der Waals surface area contributed by atoms with Crippen LogP contribution in [0.3, 0.4) is 0 Å². The zero-order chi connectivity index (χ0) is 13.9. The molecule has 0 fully saturated rings. The molecular formula is C16H15N3O. The third kappa shape index (κ3) is 2.40. The van der Waals surface area contributed by atoms with Crippen molar-refractivity contribution >= 4 is 16.6 Å². The van der Waals surface area contributed by atoms with Crippen LogP contribution >= 0.6 is 0 Å². The topological polar surface area (TPSA) is 47.0 Å². The van der Waals surface area contributed by atoms with E-state index in [0.717, 1.165) is 22.3 Å². The van der Waals surface area contributed by atoms with Crippen LogP contribution in [0.4, 0.5) is 5.82 Å². The molecular weight excluding hydrogens is 250 g/mol. The average Bonchev–Trinajstić information content (AvgIpc) is 2.47. The molecule has 1 heterocycles. The molecule has 4 nitrogen and oxygen atoms in total. The number of nitrogens with zero attached hydrogens (tertiary/aromatic N) is 2. The van der Waals surface area contributed by atoms with Gasteiger partial charge in [0.2, 0.25) is 5.88 Å². The number of aromatic nitrogens is 2. The number of aryl methyl sites for hydroxylation is 1. The van der Waals surface area contributed by atoms with Crippen LogP contribution in [-0.2, 0) is 0 Å². The van der Waals surface area contributed by atoms with Gasteiger partial charge in [-0.25, -0.2) is 4.98 Å². The van der Waals surface area contributed by atoms with Crippen molar-refractivity contribution < 1.29 is 4.74 Å². The van der Waals surface area contributed by atoms with E-state index in [-0.39, 0.29) is 0 Å². The van der Waals surface area contributed by atoms with Gasteiger partial charge in [-0.15, -0.1) is 0 Å². The molecule has 0 aliphatic heterocycles. The Bertz CT molecular complexity index is 750. The second-order valence-electron chi connectivity index (χ2n) is 4.47. The number of ether oxygens (including phenoxy) is 1. The van der Waals surface area contributed by atoms with E-state index in [1.807, 2.05) is 44.3 Å². The summed E-state index contributed by atoms with van der Waals surface area (Å²) < 4.78 is 5.92. The summed E-state index contributed by atoms with van der Waals surface area (Å²) in [6, 6.07) is 15.9. The molecule has 0 saturated carbocycles. The van der Waals surface area contributed by atoms with E-state index in [0.29, 0.717) is 11.7 Å². The summed E-state index contributed by atoms with van der Waals surface area (Å²) in [5.74, 6) is 2.75. The molecule has 100 valence electrons. The molecule has 0 spiro atoms. The second kappa shape index (κ2) is 5.17. The summed E-state index contributed by atoms with van der Waals surface area (Å²) in [7, 11) is 1.82. The Balaban J connectivity index is 2.03. The summed E-state index contributed by atoms with van der Waals surface area (Å²) >= 11 is 0. The van der Waals surface area contributed by atoms with Crippen molar-refractivity contribution in [1.82, 2.24) is 9.97 Å². The zero-order valence-electron chi connectivity index (χ0n) is 11.4. The van der Waals surface area contributed by atoms with Crippen molar-refractivity contribution in [3.63, 3.8) is 0 Å². The monoisotopic (exact) mass is 265 g/mol. The molecule has 20 heavy (non-hydrogen) atoms. The van der Waals surface area contributed by atoms with E-state index in [2.05, 4.69) is 27.4 Å². The molecule has 2 aromatic carbocycles. The second-order valence-corrected chi connectivity index (χ2v) is 4.47. The molecule has 3 aromatic rings. The average molecular weight is 265 g/mol. The lowest BCUT2D eigenvalue weighted by Gasteiger charge is -2.09. The van der Waals surface area contributed by atoms with E-state index >= 15 is 0 Å². The van der Waals surface area contributed by atoms with E-state index < -0.39 is 0 Å². The molecule has 0 amide bonds. The summed E-state index contributed by atoms with van der Waals surface area (Å²) in [6.07, 6.45) is 0. The molecule has 0 radical (unpaired) electrons. The van der Waals surface area contributed by atoms with Gasteiger partial charge in [-0.1, -0.05) is 36.4 Å². The Morgan fingerprint density at radius 2 is 1.80 bits per heavy atom. The standard InChI is InChI=1S/C16H15N3O/c1-11-18-15(17-2)10-16(19-11)20-14-9-5-7-12-6-3-4-8-13(12)14/h3-10H,1-2H3,(H,17,18,19).